The van der Waals surface area contributed by atoms with Crippen molar-refractivity contribution in [3.05, 3.63) is 69.8 Å². The Balaban J connectivity index is 1.35. The second kappa shape index (κ2) is 7.42. The number of benzene rings is 1. The monoisotopic (exact) mass is 369 g/mol. The first-order valence-corrected chi connectivity index (χ1v) is 8.88. The summed E-state index contributed by atoms with van der Waals surface area (Å²) in [7, 11) is 0. The first-order valence-electron chi connectivity index (χ1n) is 8.88. The predicted octanol–water partition coefficient (Wildman–Crippen LogP) is 2.93. The van der Waals surface area contributed by atoms with Gasteiger partial charge in [0.1, 0.15) is 5.65 Å². The zero-order chi connectivity index (χ0) is 18.8. The highest BCUT2D eigenvalue weighted by Crippen LogP contribution is 2.21. The Bertz CT molecular complexity index is 966. The second-order valence-electron chi connectivity index (χ2n) is 6.81. The van der Waals surface area contributed by atoms with Crippen molar-refractivity contribution in [2.75, 3.05) is 26.2 Å². The summed E-state index contributed by atoms with van der Waals surface area (Å²) in [5, 5.41) is 12.0. The van der Waals surface area contributed by atoms with Crippen LogP contribution in [0, 0.1) is 15.9 Å². The van der Waals surface area contributed by atoms with E-state index in [-0.39, 0.29) is 0 Å². The van der Waals surface area contributed by atoms with Gasteiger partial charge in [-0.1, -0.05) is 6.07 Å². The Kier molecular flexibility index (Phi) is 4.83. The lowest BCUT2D eigenvalue weighted by atomic mass is 10.1. The Morgan fingerprint density at radius 3 is 2.63 bits per heavy atom. The summed E-state index contributed by atoms with van der Waals surface area (Å²) in [6, 6.07) is 8.15. The molecule has 0 amide bonds. The number of halogens is 1. The topological polar surface area (TPSA) is 78.3 Å². The molecule has 1 N–H and O–H groups in total. The Morgan fingerprint density at radius 1 is 1.15 bits per heavy atom. The fraction of sp³-hybridized carbons (Fsp3) is 0.316. The first-order chi connectivity index (χ1) is 13.1. The van der Waals surface area contributed by atoms with Gasteiger partial charge in [-0.05, 0) is 29.3 Å². The number of rotatable bonds is 5. The van der Waals surface area contributed by atoms with Crippen LogP contribution in [-0.2, 0) is 13.1 Å². The molecule has 3 aromatic rings. The maximum absolute atomic E-state index is 13.5. The number of nitro benzene ring substituents is 1. The highest BCUT2D eigenvalue weighted by molar-refractivity contribution is 5.79. The molecule has 1 saturated heterocycles. The number of hydrogen-bond acceptors (Lipinski definition) is 5. The number of pyridine rings is 1. The van der Waals surface area contributed by atoms with Crippen molar-refractivity contribution < 1.29 is 9.31 Å². The number of nitrogens with one attached hydrogen (secondary N) is 1. The van der Waals surface area contributed by atoms with Crippen LogP contribution in [0.3, 0.4) is 0 Å². The number of H-pyrrole nitrogens is 1. The van der Waals surface area contributed by atoms with E-state index in [2.05, 4.69) is 25.8 Å². The molecule has 4 rings (SSSR count). The lowest BCUT2D eigenvalue weighted by Crippen LogP contribution is -2.45. The van der Waals surface area contributed by atoms with E-state index < -0.39 is 16.4 Å². The molecular weight excluding hydrogens is 349 g/mol. The van der Waals surface area contributed by atoms with E-state index in [9.17, 15) is 14.5 Å². The molecule has 140 valence electrons. The van der Waals surface area contributed by atoms with Gasteiger partial charge in [-0.15, -0.1) is 0 Å². The van der Waals surface area contributed by atoms with Crippen LogP contribution in [-0.4, -0.2) is 50.9 Å². The number of aromatic nitrogens is 2. The summed E-state index contributed by atoms with van der Waals surface area (Å²) in [5.74, 6) is -0.790. The molecule has 0 radical (unpaired) electrons. The van der Waals surface area contributed by atoms with Crippen molar-refractivity contribution in [2.24, 2.45) is 0 Å². The maximum Gasteiger partial charge on any atom is 0.305 e. The fourth-order valence-electron chi connectivity index (χ4n) is 3.54. The van der Waals surface area contributed by atoms with Gasteiger partial charge in [0, 0.05) is 63.1 Å². The molecule has 0 spiro atoms. The van der Waals surface area contributed by atoms with Crippen LogP contribution >= 0.6 is 0 Å². The molecule has 2 aromatic heterocycles. The average Bonchev–Trinajstić information content (AvgIpc) is 3.08. The van der Waals surface area contributed by atoms with Crippen LogP contribution in [0.2, 0.25) is 0 Å². The molecule has 3 heterocycles. The number of aromatic amines is 1. The summed E-state index contributed by atoms with van der Waals surface area (Å²) < 4.78 is 13.5. The van der Waals surface area contributed by atoms with E-state index in [0.717, 1.165) is 49.3 Å². The summed E-state index contributed by atoms with van der Waals surface area (Å²) >= 11 is 0. The average molecular weight is 369 g/mol. The molecule has 0 bridgehead atoms. The lowest BCUT2D eigenvalue weighted by molar-refractivity contribution is -0.387. The standard InChI is InChI=1S/C19H20FN5O2/c20-17-4-3-14(10-18(17)25(26)27)12-23-6-8-24(9-7-23)13-15-11-22-19-16(15)2-1-5-21-19/h1-5,10-11H,6-9,12-13H2,(H,21,22). The summed E-state index contributed by atoms with van der Waals surface area (Å²) in [4.78, 5) is 22.4. The minimum atomic E-state index is -0.790. The molecule has 7 nitrogen and oxygen atoms in total. The van der Waals surface area contributed by atoms with Gasteiger partial charge in [-0.25, -0.2) is 4.98 Å². The van der Waals surface area contributed by atoms with Crippen LogP contribution in [0.25, 0.3) is 11.0 Å². The summed E-state index contributed by atoms with van der Waals surface area (Å²) in [6.07, 6.45) is 3.79. The van der Waals surface area contributed by atoms with Crippen molar-refractivity contribution >= 4 is 16.7 Å². The minimum absolute atomic E-state index is 0.459. The highest BCUT2D eigenvalue weighted by Gasteiger charge is 2.20. The third-order valence-corrected chi connectivity index (χ3v) is 5.01. The van der Waals surface area contributed by atoms with Crippen LogP contribution in [0.5, 0.6) is 0 Å². The van der Waals surface area contributed by atoms with Gasteiger partial charge in [-0.2, -0.15) is 4.39 Å². The van der Waals surface area contributed by atoms with E-state index in [0.29, 0.717) is 6.54 Å². The van der Waals surface area contributed by atoms with Crippen molar-refractivity contribution in [1.29, 1.82) is 0 Å². The zero-order valence-corrected chi connectivity index (χ0v) is 14.8. The molecule has 1 aliphatic heterocycles. The number of fused-ring (bicyclic) bond motifs is 1. The van der Waals surface area contributed by atoms with Gasteiger partial charge in [0.15, 0.2) is 0 Å². The molecule has 1 fully saturated rings. The Labute approximate surface area is 155 Å². The molecule has 8 heteroatoms. The van der Waals surface area contributed by atoms with Crippen LogP contribution in [0.4, 0.5) is 10.1 Å². The maximum atomic E-state index is 13.5. The van der Waals surface area contributed by atoms with Crippen molar-refractivity contribution in [3.63, 3.8) is 0 Å². The van der Waals surface area contributed by atoms with E-state index in [1.54, 1.807) is 12.3 Å². The largest absolute Gasteiger partial charge is 0.346 e. The molecule has 1 aliphatic rings. The van der Waals surface area contributed by atoms with E-state index in [1.165, 1.54) is 17.7 Å². The number of nitro groups is 1. The Morgan fingerprint density at radius 2 is 1.89 bits per heavy atom. The molecular formula is C19H20FN5O2. The van der Waals surface area contributed by atoms with Gasteiger partial charge in [0.2, 0.25) is 5.82 Å². The zero-order valence-electron chi connectivity index (χ0n) is 14.8. The third kappa shape index (κ3) is 3.81. The van der Waals surface area contributed by atoms with Gasteiger partial charge in [0.05, 0.1) is 4.92 Å². The highest BCUT2D eigenvalue weighted by atomic mass is 19.1. The number of nitrogens with zero attached hydrogens (tertiary/aromatic N) is 4. The predicted molar refractivity (Wildman–Crippen MR) is 99.7 cm³/mol. The lowest BCUT2D eigenvalue weighted by Gasteiger charge is -2.34. The van der Waals surface area contributed by atoms with Gasteiger partial charge >= 0.3 is 5.69 Å². The van der Waals surface area contributed by atoms with E-state index in [4.69, 9.17) is 0 Å². The molecule has 0 atom stereocenters. The molecule has 0 unspecified atom stereocenters. The third-order valence-electron chi connectivity index (χ3n) is 5.01. The normalized spacial score (nSPS) is 16.0. The van der Waals surface area contributed by atoms with Crippen molar-refractivity contribution in [1.82, 2.24) is 19.8 Å². The SMILES string of the molecule is O=[N+]([O-])c1cc(CN2CCN(Cc3c[nH]c4ncccc34)CC2)ccc1F. The number of hydrogen-bond donors (Lipinski definition) is 1. The van der Waals surface area contributed by atoms with Gasteiger partial charge in [0.25, 0.3) is 0 Å². The van der Waals surface area contributed by atoms with Crippen molar-refractivity contribution in [3.8, 4) is 0 Å². The van der Waals surface area contributed by atoms with Crippen LogP contribution < -0.4 is 0 Å². The minimum Gasteiger partial charge on any atom is -0.346 e. The fourth-order valence-corrected chi connectivity index (χ4v) is 3.54. The molecule has 0 saturated carbocycles. The molecule has 27 heavy (non-hydrogen) atoms. The van der Waals surface area contributed by atoms with Crippen LogP contribution in [0.15, 0.2) is 42.7 Å². The molecule has 0 aliphatic carbocycles. The summed E-state index contributed by atoms with van der Waals surface area (Å²) in [6.45, 7) is 5.01. The van der Waals surface area contributed by atoms with Gasteiger partial charge in [-0.3, -0.25) is 19.9 Å². The number of piperazine rings is 1. The smallest absolute Gasteiger partial charge is 0.305 e. The second-order valence-corrected chi connectivity index (χ2v) is 6.81. The molecule has 1 aromatic carbocycles. The van der Waals surface area contributed by atoms with E-state index in [1.807, 2.05) is 12.3 Å². The van der Waals surface area contributed by atoms with Crippen LogP contribution in [0.1, 0.15) is 11.1 Å². The summed E-state index contributed by atoms with van der Waals surface area (Å²) in [5.41, 5.74) is 2.45. The van der Waals surface area contributed by atoms with Crippen molar-refractivity contribution in [2.45, 2.75) is 13.1 Å². The quantitative estimate of drug-likeness (QED) is 0.553. The van der Waals surface area contributed by atoms with Gasteiger partial charge < -0.3 is 4.98 Å². The first kappa shape index (κ1) is 17.6. The van der Waals surface area contributed by atoms with E-state index >= 15 is 0 Å². The Hall–Kier alpha value is -2.84.